The molecule has 0 bridgehead atoms. The van der Waals surface area contributed by atoms with Crippen LogP contribution in [-0.4, -0.2) is 36.7 Å². The number of carbonyl (C=O) groups excluding carboxylic acids is 1. The fraction of sp³-hybridized carbons (Fsp3) is 0.500. The standard InChI is InChI=1S/C14H20BrNO/c1-14(13(17)11-15,9-10-16(2)3)12-7-5-4-6-8-12/h4-8H,9-11H2,1-3H3. The highest BCUT2D eigenvalue weighted by molar-refractivity contribution is 9.09. The monoisotopic (exact) mass is 297 g/mol. The van der Waals surface area contributed by atoms with E-state index in [9.17, 15) is 4.79 Å². The number of nitrogens with zero attached hydrogens (tertiary/aromatic N) is 1. The van der Waals surface area contributed by atoms with E-state index < -0.39 is 5.41 Å². The van der Waals surface area contributed by atoms with Crippen LogP contribution in [0.2, 0.25) is 0 Å². The molecule has 1 unspecified atom stereocenters. The summed E-state index contributed by atoms with van der Waals surface area (Å²) >= 11 is 3.29. The Balaban J connectivity index is 2.98. The molecule has 1 aromatic rings. The summed E-state index contributed by atoms with van der Waals surface area (Å²) in [5, 5.41) is 0.409. The van der Waals surface area contributed by atoms with Crippen molar-refractivity contribution < 1.29 is 4.79 Å². The molecule has 0 amide bonds. The second-order valence-electron chi connectivity index (χ2n) is 4.81. The van der Waals surface area contributed by atoms with Gasteiger partial charge in [0.05, 0.1) is 10.7 Å². The van der Waals surface area contributed by atoms with Gasteiger partial charge >= 0.3 is 0 Å². The van der Waals surface area contributed by atoms with E-state index in [0.29, 0.717) is 5.33 Å². The van der Waals surface area contributed by atoms with E-state index in [1.807, 2.05) is 51.4 Å². The van der Waals surface area contributed by atoms with Gasteiger partial charge in [0.2, 0.25) is 0 Å². The second kappa shape index (κ2) is 6.31. The topological polar surface area (TPSA) is 20.3 Å². The molecule has 0 aliphatic carbocycles. The van der Waals surface area contributed by atoms with Crippen LogP contribution >= 0.6 is 15.9 Å². The number of benzene rings is 1. The molecule has 1 atom stereocenters. The Morgan fingerprint density at radius 1 is 1.29 bits per heavy atom. The number of alkyl halides is 1. The second-order valence-corrected chi connectivity index (χ2v) is 5.37. The summed E-state index contributed by atoms with van der Waals surface area (Å²) in [6.07, 6.45) is 0.842. The van der Waals surface area contributed by atoms with Crippen LogP contribution in [0.3, 0.4) is 0 Å². The highest BCUT2D eigenvalue weighted by Crippen LogP contribution is 2.29. The minimum atomic E-state index is -0.394. The first-order chi connectivity index (χ1) is 8.00. The van der Waals surface area contributed by atoms with E-state index >= 15 is 0 Å². The van der Waals surface area contributed by atoms with Gasteiger partial charge in [-0.05, 0) is 39.5 Å². The summed E-state index contributed by atoms with van der Waals surface area (Å²) < 4.78 is 0. The number of rotatable bonds is 6. The van der Waals surface area contributed by atoms with E-state index in [2.05, 4.69) is 20.8 Å². The Hall–Kier alpha value is -0.670. The third-order valence-corrected chi connectivity index (χ3v) is 3.72. The molecular weight excluding hydrogens is 278 g/mol. The van der Waals surface area contributed by atoms with Gasteiger partial charge in [-0.3, -0.25) is 4.79 Å². The maximum Gasteiger partial charge on any atom is 0.153 e. The number of Topliss-reactive ketones (excluding diaryl/α,β-unsaturated/α-hetero) is 1. The van der Waals surface area contributed by atoms with Gasteiger partial charge in [-0.25, -0.2) is 0 Å². The molecule has 94 valence electrons. The maximum absolute atomic E-state index is 12.2. The zero-order valence-corrected chi connectivity index (χ0v) is 12.3. The quantitative estimate of drug-likeness (QED) is 0.753. The van der Waals surface area contributed by atoms with Crippen LogP contribution < -0.4 is 0 Å². The average Bonchev–Trinajstić information content (AvgIpc) is 2.36. The van der Waals surface area contributed by atoms with E-state index in [4.69, 9.17) is 0 Å². The van der Waals surface area contributed by atoms with Crippen LogP contribution in [0.25, 0.3) is 0 Å². The first-order valence-corrected chi connectivity index (χ1v) is 6.92. The van der Waals surface area contributed by atoms with Crippen LogP contribution in [0.4, 0.5) is 0 Å². The summed E-state index contributed by atoms with van der Waals surface area (Å²) in [7, 11) is 4.06. The normalized spacial score (nSPS) is 14.6. The van der Waals surface area contributed by atoms with Crippen molar-refractivity contribution in [2.45, 2.75) is 18.8 Å². The van der Waals surface area contributed by atoms with Crippen molar-refractivity contribution in [3.8, 4) is 0 Å². The largest absolute Gasteiger partial charge is 0.309 e. The van der Waals surface area contributed by atoms with Gasteiger partial charge in [0.1, 0.15) is 0 Å². The molecule has 0 radical (unpaired) electrons. The molecule has 0 aliphatic heterocycles. The average molecular weight is 298 g/mol. The fourth-order valence-electron chi connectivity index (χ4n) is 1.85. The van der Waals surface area contributed by atoms with Crippen LogP contribution in [0.1, 0.15) is 18.9 Å². The predicted octanol–water partition coefficient (Wildman–Crippen LogP) is 2.86. The Labute approximate surface area is 112 Å². The van der Waals surface area contributed by atoms with Crippen molar-refractivity contribution in [2.75, 3.05) is 26.0 Å². The van der Waals surface area contributed by atoms with Gasteiger partial charge in [0.25, 0.3) is 0 Å². The summed E-state index contributed by atoms with van der Waals surface area (Å²) in [5.74, 6) is 0.241. The summed E-state index contributed by atoms with van der Waals surface area (Å²) in [4.78, 5) is 14.3. The van der Waals surface area contributed by atoms with Crippen LogP contribution in [0.5, 0.6) is 0 Å². The van der Waals surface area contributed by atoms with E-state index in [1.54, 1.807) is 0 Å². The molecule has 0 fully saturated rings. The molecule has 0 heterocycles. The Bertz CT molecular complexity index is 364. The number of ketones is 1. The lowest BCUT2D eigenvalue weighted by Gasteiger charge is -2.29. The Kier molecular flexibility index (Phi) is 5.34. The lowest BCUT2D eigenvalue weighted by molar-refractivity contribution is -0.121. The van der Waals surface area contributed by atoms with Crippen molar-refractivity contribution >= 4 is 21.7 Å². The molecule has 1 rings (SSSR count). The lowest BCUT2D eigenvalue weighted by atomic mass is 9.76. The smallest absolute Gasteiger partial charge is 0.153 e. The molecule has 0 saturated carbocycles. The SMILES string of the molecule is CN(C)CCC(C)(C(=O)CBr)c1ccccc1. The van der Waals surface area contributed by atoms with Crippen molar-refractivity contribution in [1.82, 2.24) is 4.90 Å². The highest BCUT2D eigenvalue weighted by atomic mass is 79.9. The van der Waals surface area contributed by atoms with Crippen molar-refractivity contribution in [1.29, 1.82) is 0 Å². The molecular formula is C14H20BrNO. The Morgan fingerprint density at radius 2 is 1.88 bits per heavy atom. The number of hydrogen-bond acceptors (Lipinski definition) is 2. The molecule has 0 spiro atoms. The molecule has 1 aromatic carbocycles. The van der Waals surface area contributed by atoms with Crippen LogP contribution in [0.15, 0.2) is 30.3 Å². The van der Waals surface area contributed by atoms with E-state index in [-0.39, 0.29) is 5.78 Å². The molecule has 0 N–H and O–H groups in total. The van der Waals surface area contributed by atoms with E-state index in [1.165, 1.54) is 0 Å². The number of hydrogen-bond donors (Lipinski definition) is 0. The minimum Gasteiger partial charge on any atom is -0.309 e. The highest BCUT2D eigenvalue weighted by Gasteiger charge is 2.33. The molecule has 2 nitrogen and oxygen atoms in total. The maximum atomic E-state index is 12.2. The molecule has 0 aromatic heterocycles. The minimum absolute atomic E-state index is 0.241. The van der Waals surface area contributed by atoms with E-state index in [0.717, 1.165) is 18.5 Å². The zero-order valence-electron chi connectivity index (χ0n) is 10.7. The van der Waals surface area contributed by atoms with Crippen molar-refractivity contribution in [3.05, 3.63) is 35.9 Å². The van der Waals surface area contributed by atoms with Gasteiger partial charge in [0, 0.05) is 0 Å². The molecule has 0 aliphatic rings. The van der Waals surface area contributed by atoms with Gasteiger partial charge in [-0.1, -0.05) is 46.3 Å². The first-order valence-electron chi connectivity index (χ1n) is 5.80. The number of halogens is 1. The van der Waals surface area contributed by atoms with Gasteiger partial charge in [0.15, 0.2) is 5.78 Å². The molecule has 3 heteroatoms. The third kappa shape index (κ3) is 3.65. The van der Waals surface area contributed by atoms with Crippen LogP contribution in [0, 0.1) is 0 Å². The summed E-state index contributed by atoms with van der Waals surface area (Å²) in [6, 6.07) is 10.0. The third-order valence-electron chi connectivity index (χ3n) is 3.21. The first kappa shape index (κ1) is 14.4. The summed E-state index contributed by atoms with van der Waals surface area (Å²) in [6.45, 7) is 2.94. The molecule has 17 heavy (non-hydrogen) atoms. The van der Waals surface area contributed by atoms with Gasteiger partial charge < -0.3 is 4.90 Å². The predicted molar refractivity (Wildman–Crippen MR) is 75.8 cm³/mol. The fourth-order valence-corrected chi connectivity index (χ4v) is 2.46. The van der Waals surface area contributed by atoms with Gasteiger partial charge in [-0.15, -0.1) is 0 Å². The van der Waals surface area contributed by atoms with Crippen LogP contribution in [-0.2, 0) is 10.2 Å². The van der Waals surface area contributed by atoms with Crippen molar-refractivity contribution in [3.63, 3.8) is 0 Å². The summed E-state index contributed by atoms with van der Waals surface area (Å²) in [5.41, 5.74) is 0.709. The number of carbonyl (C=O) groups is 1. The van der Waals surface area contributed by atoms with Crippen molar-refractivity contribution in [2.24, 2.45) is 0 Å². The zero-order chi connectivity index (χ0) is 12.9. The molecule has 0 saturated heterocycles. The van der Waals surface area contributed by atoms with Gasteiger partial charge in [-0.2, -0.15) is 0 Å². The lowest BCUT2D eigenvalue weighted by Crippen LogP contribution is -2.36. The Morgan fingerprint density at radius 3 is 2.35 bits per heavy atom.